The number of benzene rings is 1. The molecule has 6 heteroatoms. The molecule has 0 atom stereocenters. The van der Waals surface area contributed by atoms with Gasteiger partial charge in [0.2, 0.25) is 0 Å². The van der Waals surface area contributed by atoms with Gasteiger partial charge in [-0.2, -0.15) is 9.71 Å². The highest BCUT2D eigenvalue weighted by atomic mass is 16.5. The lowest BCUT2D eigenvalue weighted by Crippen LogP contribution is -1.99. The van der Waals surface area contributed by atoms with Crippen LogP contribution in [-0.4, -0.2) is 19.9 Å². The number of hydrogen-bond acceptors (Lipinski definition) is 5. The molecule has 0 unspecified atom stereocenters. The molecular weight excluding hydrogens is 210 g/mol. The molecule has 1 N–H and O–H groups in total. The summed E-state index contributed by atoms with van der Waals surface area (Å²) in [7, 11) is 0. The molecule has 0 bridgehead atoms. The van der Waals surface area contributed by atoms with Gasteiger partial charge in [0.25, 0.3) is 0 Å². The summed E-state index contributed by atoms with van der Waals surface area (Å²) in [6, 6.07) is 3.30. The molecule has 3 aromatic rings. The molecule has 0 aliphatic carbocycles. The van der Waals surface area contributed by atoms with Gasteiger partial charge in [-0.1, -0.05) is 0 Å². The maximum atomic E-state index is 11.0. The summed E-state index contributed by atoms with van der Waals surface area (Å²) >= 11 is 0. The Balaban J connectivity index is 2.55. The van der Waals surface area contributed by atoms with Gasteiger partial charge in [0.15, 0.2) is 5.58 Å². The Morgan fingerprint density at radius 1 is 1.38 bits per heavy atom. The Kier molecular flexibility index (Phi) is 1.57. The summed E-state index contributed by atoms with van der Waals surface area (Å²) < 4.78 is 5.80. The van der Waals surface area contributed by atoms with Crippen molar-refractivity contribution in [2.24, 2.45) is 0 Å². The number of rotatable bonds is 0. The third-order valence-electron chi connectivity index (χ3n) is 2.53. The molecule has 3 rings (SSSR count). The second kappa shape index (κ2) is 2.82. The molecule has 6 nitrogen and oxygen atoms in total. The van der Waals surface area contributed by atoms with E-state index in [1.165, 1.54) is 6.33 Å². The second-order valence-corrected chi connectivity index (χ2v) is 3.49. The van der Waals surface area contributed by atoms with Crippen molar-refractivity contribution in [2.75, 3.05) is 0 Å². The van der Waals surface area contributed by atoms with Gasteiger partial charge in [0.05, 0.1) is 11.2 Å². The highest BCUT2D eigenvalue weighted by Gasteiger charge is 2.08. The van der Waals surface area contributed by atoms with Crippen LogP contribution in [0.4, 0.5) is 0 Å². The van der Waals surface area contributed by atoms with E-state index in [4.69, 9.17) is 4.42 Å². The minimum absolute atomic E-state index is 0.397. The van der Waals surface area contributed by atoms with Crippen molar-refractivity contribution in [3.05, 3.63) is 34.7 Å². The van der Waals surface area contributed by atoms with Crippen LogP contribution in [-0.2, 0) is 0 Å². The number of hydrogen-bond donors (Lipinski definition) is 1. The average Bonchev–Trinajstić information content (AvgIpc) is 2.61. The second-order valence-electron chi connectivity index (χ2n) is 3.49. The zero-order valence-electron chi connectivity index (χ0n) is 8.34. The maximum Gasteiger partial charge on any atom is 0.439 e. The van der Waals surface area contributed by atoms with Gasteiger partial charge in [-0.05, 0) is 19.1 Å². The summed E-state index contributed by atoms with van der Waals surface area (Å²) in [6.07, 6.45) is 1.29. The first kappa shape index (κ1) is 8.90. The fraction of sp³-hybridized carbons (Fsp3) is 0.100. The van der Waals surface area contributed by atoms with Crippen molar-refractivity contribution < 1.29 is 9.62 Å². The van der Waals surface area contributed by atoms with Gasteiger partial charge in [-0.25, -0.2) is 9.78 Å². The van der Waals surface area contributed by atoms with Gasteiger partial charge < -0.3 is 9.62 Å². The van der Waals surface area contributed by atoms with Gasteiger partial charge in [-0.3, -0.25) is 0 Å². The first-order chi connectivity index (χ1) is 7.65. The maximum absolute atomic E-state index is 11.0. The summed E-state index contributed by atoms with van der Waals surface area (Å²) in [4.78, 5) is 18.7. The summed E-state index contributed by atoms with van der Waals surface area (Å²) in [5, 5.41) is 10.2. The first-order valence-electron chi connectivity index (χ1n) is 4.63. The van der Waals surface area contributed by atoms with E-state index in [2.05, 4.69) is 9.97 Å². The van der Waals surface area contributed by atoms with Gasteiger partial charge in [0, 0.05) is 5.39 Å². The van der Waals surface area contributed by atoms with Crippen LogP contribution in [0.3, 0.4) is 0 Å². The minimum atomic E-state index is -0.625. The van der Waals surface area contributed by atoms with Crippen molar-refractivity contribution in [3.8, 4) is 0 Å². The zero-order chi connectivity index (χ0) is 11.3. The molecule has 0 aliphatic heterocycles. The Hall–Kier alpha value is -2.37. The molecule has 0 amide bonds. The van der Waals surface area contributed by atoms with E-state index in [1.807, 2.05) is 0 Å². The predicted molar refractivity (Wildman–Crippen MR) is 55.5 cm³/mol. The fourth-order valence-corrected chi connectivity index (χ4v) is 1.67. The van der Waals surface area contributed by atoms with Gasteiger partial charge in [0.1, 0.15) is 11.8 Å². The van der Waals surface area contributed by atoms with E-state index >= 15 is 0 Å². The van der Waals surface area contributed by atoms with Crippen molar-refractivity contribution in [2.45, 2.75) is 6.92 Å². The lowest BCUT2D eigenvalue weighted by atomic mass is 10.2. The third-order valence-corrected chi connectivity index (χ3v) is 2.53. The topological polar surface area (TPSA) is 81.2 Å². The molecule has 2 heterocycles. The van der Waals surface area contributed by atoms with Crippen LogP contribution in [0.25, 0.3) is 22.0 Å². The molecule has 1 aromatic carbocycles. The van der Waals surface area contributed by atoms with Crippen molar-refractivity contribution in [1.29, 1.82) is 0 Å². The van der Waals surface area contributed by atoms with Crippen LogP contribution < -0.4 is 5.76 Å². The zero-order valence-corrected chi connectivity index (χ0v) is 8.34. The lowest BCUT2D eigenvalue weighted by molar-refractivity contribution is 0.176. The number of aromatic nitrogens is 3. The molecule has 80 valence electrons. The first-order valence-corrected chi connectivity index (χ1v) is 4.63. The van der Waals surface area contributed by atoms with E-state index < -0.39 is 5.76 Å². The highest BCUT2D eigenvalue weighted by Crippen LogP contribution is 2.21. The quantitative estimate of drug-likeness (QED) is 0.570. The van der Waals surface area contributed by atoms with Crippen LogP contribution in [0.5, 0.6) is 0 Å². The number of aryl methyl sites for hydroxylation is 1. The van der Waals surface area contributed by atoms with Crippen LogP contribution in [0.15, 0.2) is 27.7 Å². The molecule has 0 aliphatic rings. The lowest BCUT2D eigenvalue weighted by Gasteiger charge is -2.05. The van der Waals surface area contributed by atoms with Crippen molar-refractivity contribution in [1.82, 2.24) is 14.7 Å². The molecule has 2 aromatic heterocycles. The molecule has 0 radical (unpaired) electrons. The van der Waals surface area contributed by atoms with Crippen LogP contribution in [0.2, 0.25) is 0 Å². The third kappa shape index (κ3) is 1.10. The highest BCUT2D eigenvalue weighted by molar-refractivity contribution is 5.92. The summed E-state index contributed by atoms with van der Waals surface area (Å²) in [6.45, 7) is 1.74. The Labute approximate surface area is 88.7 Å². The number of oxazole rings is 1. The van der Waals surface area contributed by atoms with Crippen LogP contribution in [0, 0.1) is 6.92 Å². The van der Waals surface area contributed by atoms with E-state index in [0.717, 1.165) is 4.73 Å². The summed E-state index contributed by atoms with van der Waals surface area (Å²) in [5.74, 6) is -0.625. The normalized spacial score (nSPS) is 11.3. The molecule has 0 saturated heterocycles. The molecule has 0 fully saturated rings. The van der Waals surface area contributed by atoms with E-state index in [1.54, 1.807) is 19.1 Å². The van der Waals surface area contributed by atoms with Gasteiger partial charge in [-0.15, -0.1) is 0 Å². The molecule has 0 spiro atoms. The van der Waals surface area contributed by atoms with Crippen LogP contribution >= 0.6 is 0 Å². The summed E-state index contributed by atoms with van der Waals surface area (Å²) in [5.41, 5.74) is 2.15. The number of fused-ring (bicyclic) bond motifs is 2. The van der Waals surface area contributed by atoms with E-state index in [9.17, 15) is 10.0 Å². The van der Waals surface area contributed by atoms with Gasteiger partial charge >= 0.3 is 5.76 Å². The SMILES string of the molecule is Cc1c2cc3oc(=O)nc3cc2ncn1O. The molecule has 0 saturated carbocycles. The largest absolute Gasteiger partial charge is 0.439 e. The molecular formula is C10H7N3O3. The van der Waals surface area contributed by atoms with Crippen molar-refractivity contribution in [3.63, 3.8) is 0 Å². The van der Waals surface area contributed by atoms with Crippen LogP contribution in [0.1, 0.15) is 5.69 Å². The van der Waals surface area contributed by atoms with E-state index in [-0.39, 0.29) is 0 Å². The van der Waals surface area contributed by atoms with E-state index in [0.29, 0.717) is 27.7 Å². The number of nitrogens with zero attached hydrogens (tertiary/aromatic N) is 3. The standard InChI is InChI=1S/C10H7N3O3/c1-5-6-2-9-8(12-10(14)16-9)3-7(6)11-4-13(5)15/h2-4,15H,1H3. The smallest absolute Gasteiger partial charge is 0.427 e. The average molecular weight is 217 g/mol. The Morgan fingerprint density at radius 2 is 2.19 bits per heavy atom. The van der Waals surface area contributed by atoms with Crippen molar-refractivity contribution >= 4 is 22.0 Å². The monoisotopic (exact) mass is 217 g/mol. The Bertz CT molecular complexity index is 757. The minimum Gasteiger partial charge on any atom is -0.427 e. The predicted octanol–water partition coefficient (Wildman–Crippen LogP) is 1.08. The Morgan fingerprint density at radius 3 is 3.00 bits per heavy atom. The fourth-order valence-electron chi connectivity index (χ4n) is 1.67. The molecule has 16 heavy (non-hydrogen) atoms.